The lowest BCUT2D eigenvalue weighted by atomic mass is 9.55. The average Bonchev–Trinajstić information content (AvgIpc) is 2.70. The molecule has 1 unspecified atom stereocenters. The molecule has 0 radical (unpaired) electrons. The van der Waals surface area contributed by atoms with Crippen LogP contribution in [0.5, 0.6) is 5.75 Å². The molecule has 114 valence electrons. The highest BCUT2D eigenvalue weighted by Crippen LogP contribution is 2.61. The fraction of sp³-hybridized carbons (Fsp3) is 0.667. The van der Waals surface area contributed by atoms with Crippen molar-refractivity contribution in [2.75, 3.05) is 0 Å². The number of phenols is 1. The maximum atomic E-state index is 14.1. The number of rotatable bonds is 0. The van der Waals surface area contributed by atoms with E-state index in [0.29, 0.717) is 29.9 Å². The van der Waals surface area contributed by atoms with E-state index >= 15 is 0 Å². The summed E-state index contributed by atoms with van der Waals surface area (Å²) in [5.74, 6) is 1.59. The van der Waals surface area contributed by atoms with E-state index in [4.69, 9.17) is 0 Å². The molecule has 21 heavy (non-hydrogen) atoms. The van der Waals surface area contributed by atoms with Crippen LogP contribution in [0, 0.1) is 17.3 Å². The van der Waals surface area contributed by atoms with Gasteiger partial charge >= 0.3 is 0 Å². The van der Waals surface area contributed by atoms with Gasteiger partial charge in [0.2, 0.25) is 0 Å². The van der Waals surface area contributed by atoms with E-state index in [-0.39, 0.29) is 5.41 Å². The molecule has 1 aromatic rings. The molecule has 6 atom stereocenters. The Kier molecular flexibility index (Phi) is 2.88. The van der Waals surface area contributed by atoms with Crippen LogP contribution in [0.2, 0.25) is 0 Å². The first kappa shape index (κ1) is 13.6. The minimum Gasteiger partial charge on any atom is -0.508 e. The van der Waals surface area contributed by atoms with Gasteiger partial charge in [-0.1, -0.05) is 13.0 Å². The summed E-state index contributed by atoms with van der Waals surface area (Å²) >= 11 is 0. The Balaban J connectivity index is 1.71. The predicted octanol–water partition coefficient (Wildman–Crippen LogP) is 3.56. The SMILES string of the molecule is C[C@]12CC[C@@H]3c4ccc(O)cc4CC[C@H]3C1C[C@@H]([18F])[C@@H]2O. The first-order valence-electron chi connectivity index (χ1n) is 8.14. The van der Waals surface area contributed by atoms with Gasteiger partial charge in [-0.3, -0.25) is 0 Å². The number of aliphatic hydroxyl groups is 1. The first-order chi connectivity index (χ1) is 10.0. The Hall–Kier alpha value is -1.09. The zero-order valence-electron chi connectivity index (χ0n) is 12.4. The molecule has 0 amide bonds. The Labute approximate surface area is 125 Å². The lowest BCUT2D eigenvalue weighted by Gasteiger charge is -2.49. The summed E-state index contributed by atoms with van der Waals surface area (Å²) in [6.45, 7) is 2.09. The van der Waals surface area contributed by atoms with Crippen molar-refractivity contribution >= 4 is 0 Å². The molecule has 0 heterocycles. The van der Waals surface area contributed by atoms with Crippen LogP contribution >= 0.6 is 0 Å². The van der Waals surface area contributed by atoms with E-state index in [9.17, 15) is 14.6 Å². The van der Waals surface area contributed by atoms with Gasteiger partial charge in [0.25, 0.3) is 0 Å². The van der Waals surface area contributed by atoms with Crippen molar-refractivity contribution in [2.24, 2.45) is 17.3 Å². The van der Waals surface area contributed by atoms with E-state index in [1.54, 1.807) is 6.07 Å². The first-order valence-corrected chi connectivity index (χ1v) is 8.14. The molecule has 0 saturated heterocycles. The van der Waals surface area contributed by atoms with E-state index in [0.717, 1.165) is 25.7 Å². The maximum absolute atomic E-state index is 14.1. The van der Waals surface area contributed by atoms with Gasteiger partial charge in [0.1, 0.15) is 11.9 Å². The second-order valence-electron chi connectivity index (χ2n) is 7.54. The summed E-state index contributed by atoms with van der Waals surface area (Å²) in [7, 11) is 0. The largest absolute Gasteiger partial charge is 0.508 e. The monoisotopic (exact) mass is 289 g/mol. The minimum absolute atomic E-state index is 0.241. The van der Waals surface area contributed by atoms with E-state index in [1.807, 2.05) is 6.07 Å². The number of alkyl halides is 1. The molecule has 4 rings (SSSR count). The Morgan fingerprint density at radius 2 is 2.10 bits per heavy atom. The van der Waals surface area contributed by atoms with E-state index in [2.05, 4.69) is 13.0 Å². The maximum Gasteiger partial charge on any atom is 0.127 e. The summed E-state index contributed by atoms with van der Waals surface area (Å²) < 4.78 is 14.1. The van der Waals surface area contributed by atoms with E-state index < -0.39 is 12.3 Å². The third-order valence-corrected chi connectivity index (χ3v) is 6.65. The van der Waals surface area contributed by atoms with Crippen molar-refractivity contribution < 1.29 is 14.6 Å². The molecule has 0 bridgehead atoms. The van der Waals surface area contributed by atoms with Crippen molar-refractivity contribution in [3.05, 3.63) is 29.3 Å². The Bertz CT molecular complexity index is 572. The molecule has 3 heteroatoms. The highest BCUT2D eigenvalue weighted by Gasteiger charge is 2.58. The van der Waals surface area contributed by atoms with Crippen LogP contribution < -0.4 is 0 Å². The molecular formula is C18H23FO2. The number of benzene rings is 1. The van der Waals surface area contributed by atoms with Gasteiger partial charge < -0.3 is 10.2 Å². The van der Waals surface area contributed by atoms with Crippen LogP contribution in [-0.4, -0.2) is 22.5 Å². The minimum atomic E-state index is -1.06. The third kappa shape index (κ3) is 1.79. The number of aromatic hydroxyl groups is 1. The fourth-order valence-electron chi connectivity index (χ4n) is 5.51. The summed E-state index contributed by atoms with van der Waals surface area (Å²) in [5, 5.41) is 19.9. The van der Waals surface area contributed by atoms with Crippen molar-refractivity contribution in [1.29, 1.82) is 0 Å². The average molecular weight is 289 g/mol. The fourth-order valence-corrected chi connectivity index (χ4v) is 5.51. The van der Waals surface area contributed by atoms with E-state index in [1.165, 1.54) is 11.1 Å². The lowest BCUT2D eigenvalue weighted by molar-refractivity contribution is -0.0365. The van der Waals surface area contributed by atoms with Gasteiger partial charge in [-0.05, 0) is 78.5 Å². The van der Waals surface area contributed by atoms with Crippen LogP contribution in [0.3, 0.4) is 0 Å². The molecule has 3 aliphatic rings. The Morgan fingerprint density at radius 1 is 1.29 bits per heavy atom. The van der Waals surface area contributed by atoms with Gasteiger partial charge in [0.05, 0.1) is 6.10 Å². The number of phenolic OH excluding ortho intramolecular Hbond substituents is 1. The van der Waals surface area contributed by atoms with Crippen LogP contribution in [0.15, 0.2) is 18.2 Å². The predicted molar refractivity (Wildman–Crippen MR) is 79.0 cm³/mol. The summed E-state index contributed by atoms with van der Waals surface area (Å²) in [5.41, 5.74) is 2.37. The molecule has 2 N–H and O–H groups in total. The van der Waals surface area contributed by atoms with Gasteiger partial charge in [-0.2, -0.15) is 0 Å². The summed E-state index contributed by atoms with van der Waals surface area (Å²) in [4.78, 5) is 0. The molecule has 2 saturated carbocycles. The number of hydrogen-bond donors (Lipinski definition) is 2. The number of halogens is 1. The molecule has 0 spiro atoms. The van der Waals surface area contributed by atoms with Crippen LogP contribution in [0.25, 0.3) is 0 Å². The highest BCUT2D eigenvalue weighted by molar-refractivity contribution is 5.40. The normalized spacial score (nSPS) is 44.8. The van der Waals surface area contributed by atoms with Crippen molar-refractivity contribution in [3.8, 4) is 5.75 Å². The zero-order valence-corrected chi connectivity index (χ0v) is 12.4. The van der Waals surface area contributed by atoms with Crippen molar-refractivity contribution in [3.63, 3.8) is 0 Å². The number of fused-ring (bicyclic) bond motifs is 5. The molecule has 3 aliphatic carbocycles. The molecular weight excluding hydrogens is 266 g/mol. The molecule has 2 nitrogen and oxygen atoms in total. The highest BCUT2D eigenvalue weighted by atomic mass is 18.2. The number of aryl methyl sites for hydroxylation is 1. The lowest BCUT2D eigenvalue weighted by Crippen LogP contribution is -2.44. The smallest absolute Gasteiger partial charge is 0.127 e. The third-order valence-electron chi connectivity index (χ3n) is 6.65. The molecule has 2 fully saturated rings. The van der Waals surface area contributed by atoms with Gasteiger partial charge in [0, 0.05) is 0 Å². The molecule has 0 aliphatic heterocycles. The second kappa shape index (κ2) is 4.45. The van der Waals surface area contributed by atoms with Gasteiger partial charge in [0.15, 0.2) is 0 Å². The number of aliphatic hydroxyl groups excluding tert-OH is 1. The van der Waals surface area contributed by atoms with Crippen molar-refractivity contribution in [2.45, 2.75) is 57.2 Å². The van der Waals surface area contributed by atoms with Crippen LogP contribution in [0.1, 0.15) is 49.7 Å². The standard InChI is InChI=1S/C18H23FO2/c1-18-7-6-13-12-5-3-11(20)8-10(12)2-4-14(13)15(18)9-16(19)17(18)21/h3,5,8,13-17,20-21H,2,4,6-7,9H2,1H3/t13-,14-,15?,16-,17+,18+/m1/s1/i19-1. The second-order valence-corrected chi connectivity index (χ2v) is 7.54. The van der Waals surface area contributed by atoms with Gasteiger partial charge in [-0.25, -0.2) is 4.39 Å². The topological polar surface area (TPSA) is 40.5 Å². The number of hydrogen-bond acceptors (Lipinski definition) is 2. The van der Waals surface area contributed by atoms with Gasteiger partial charge in [-0.15, -0.1) is 0 Å². The molecule has 0 aromatic heterocycles. The Morgan fingerprint density at radius 3 is 2.90 bits per heavy atom. The quantitative estimate of drug-likeness (QED) is 0.766. The zero-order chi connectivity index (χ0) is 14.8. The molecule has 1 aromatic carbocycles. The summed E-state index contributed by atoms with van der Waals surface area (Å²) in [6.07, 6.45) is 2.63. The van der Waals surface area contributed by atoms with Crippen molar-refractivity contribution in [1.82, 2.24) is 0 Å². The van der Waals surface area contributed by atoms with Crippen LogP contribution in [0.4, 0.5) is 4.39 Å². The van der Waals surface area contributed by atoms with Crippen LogP contribution in [-0.2, 0) is 6.42 Å². The summed E-state index contributed by atoms with van der Waals surface area (Å²) in [6, 6.07) is 5.72.